The number of hydrogen-bond donors (Lipinski definition) is 2. The summed E-state index contributed by atoms with van der Waals surface area (Å²) >= 11 is -2.33. The first kappa shape index (κ1) is 23.4. The van der Waals surface area contributed by atoms with Gasteiger partial charge in [0.2, 0.25) is 0 Å². The second-order valence-corrected chi connectivity index (χ2v) is 15.2. The zero-order valence-corrected chi connectivity index (χ0v) is 19.3. The number of nitrogens with two attached hydrogens (primary N) is 1. The Kier molecular flexibility index (Phi) is 7.80. The van der Waals surface area contributed by atoms with Crippen molar-refractivity contribution in [1.82, 2.24) is 0 Å². The molecule has 1 fully saturated rings. The Morgan fingerprint density at radius 2 is 2.18 bits per heavy atom. The van der Waals surface area contributed by atoms with Crippen molar-refractivity contribution in [3.63, 3.8) is 0 Å². The van der Waals surface area contributed by atoms with E-state index in [-0.39, 0.29) is 9.06 Å². The maximum absolute atomic E-state index is 13.1. The molecule has 4 nitrogen and oxygen atoms in total. The molecular weight excluding hydrogens is 505 g/mol. The van der Waals surface area contributed by atoms with Crippen LogP contribution in [0.1, 0.15) is 25.3 Å². The van der Waals surface area contributed by atoms with E-state index in [4.69, 9.17) is 15.9 Å². The van der Waals surface area contributed by atoms with Crippen molar-refractivity contribution in [3.05, 3.63) is 41.6 Å². The summed E-state index contributed by atoms with van der Waals surface area (Å²) in [5, 5.41) is 7.59. The number of nitrogens with one attached hydrogen (secondary N) is 1. The maximum atomic E-state index is 13.1. The van der Waals surface area contributed by atoms with Crippen molar-refractivity contribution in [2.24, 2.45) is 5.73 Å². The summed E-state index contributed by atoms with van der Waals surface area (Å²) in [6.07, 6.45) is -4.06. The van der Waals surface area contributed by atoms with E-state index < -0.39 is 50.1 Å². The zero-order chi connectivity index (χ0) is 21.1. The Labute approximate surface area is 171 Å². The minimum atomic E-state index is -4.37. The fourth-order valence-corrected chi connectivity index (χ4v) is 9.33. The van der Waals surface area contributed by atoms with Gasteiger partial charge >= 0.3 is 172 Å². The fraction of sp³-hybridized carbons (Fsp3) is 0.500. The molecule has 1 saturated heterocycles. The number of ether oxygens (including phenoxy) is 2. The molecule has 0 bridgehead atoms. The van der Waals surface area contributed by atoms with Gasteiger partial charge in [-0.2, -0.15) is 0 Å². The summed E-state index contributed by atoms with van der Waals surface area (Å²) in [5.41, 5.74) is 5.65. The van der Waals surface area contributed by atoms with Crippen LogP contribution in [0.5, 0.6) is 0 Å². The van der Waals surface area contributed by atoms with Crippen molar-refractivity contribution >= 4 is 38.9 Å². The van der Waals surface area contributed by atoms with Gasteiger partial charge in [-0.3, -0.25) is 0 Å². The number of halogens is 4. The van der Waals surface area contributed by atoms with E-state index >= 15 is 0 Å². The first-order chi connectivity index (χ1) is 12.9. The van der Waals surface area contributed by atoms with Crippen molar-refractivity contribution in [2.45, 2.75) is 46.4 Å². The van der Waals surface area contributed by atoms with E-state index in [1.165, 1.54) is 18.2 Å². The van der Waals surface area contributed by atoms with Crippen LogP contribution in [0.2, 0.25) is 8.23 Å². The van der Waals surface area contributed by atoms with Gasteiger partial charge in [0, 0.05) is 0 Å². The molecule has 0 amide bonds. The van der Waals surface area contributed by atoms with Gasteiger partial charge in [0.05, 0.1) is 0 Å². The van der Waals surface area contributed by atoms with E-state index in [2.05, 4.69) is 16.5 Å². The van der Waals surface area contributed by atoms with Gasteiger partial charge in [-0.25, -0.2) is 0 Å². The molecule has 3 N–H and O–H groups in total. The van der Waals surface area contributed by atoms with Crippen LogP contribution in [0.3, 0.4) is 0 Å². The van der Waals surface area contributed by atoms with Gasteiger partial charge in [0.25, 0.3) is 0 Å². The van der Waals surface area contributed by atoms with Crippen LogP contribution in [0.4, 0.5) is 17.6 Å². The van der Waals surface area contributed by atoms with Crippen LogP contribution in [-0.4, -0.2) is 44.9 Å². The quantitative estimate of drug-likeness (QED) is 0.200. The zero-order valence-electron chi connectivity index (χ0n) is 15.6. The molecule has 1 aromatic carbocycles. The summed E-state index contributed by atoms with van der Waals surface area (Å²) < 4.78 is 62.9. The molecule has 1 aliphatic rings. The number of alkyl halides is 4. The first-order valence-electron chi connectivity index (χ1n) is 8.57. The fourth-order valence-electron chi connectivity index (χ4n) is 3.10. The van der Waals surface area contributed by atoms with Crippen LogP contribution in [0.15, 0.2) is 36.0 Å². The summed E-state index contributed by atoms with van der Waals surface area (Å²) in [5.74, 6) is -0.414. The molecular formula is C18H24F4N2O2PSb. The normalized spacial score (nSPS) is 24.9. The average Bonchev–Trinajstić information content (AvgIpc) is 2.59. The predicted molar refractivity (Wildman–Crippen MR) is 106 cm³/mol. The Morgan fingerprint density at radius 3 is 2.79 bits per heavy atom. The van der Waals surface area contributed by atoms with E-state index in [1.54, 1.807) is 15.3 Å². The molecule has 0 radical (unpaired) electrons. The Balaban J connectivity index is 2.19. The molecule has 1 aliphatic heterocycles. The van der Waals surface area contributed by atoms with E-state index in [0.29, 0.717) is 13.0 Å². The van der Waals surface area contributed by atoms with Gasteiger partial charge in [-0.15, -0.1) is 0 Å². The van der Waals surface area contributed by atoms with Crippen LogP contribution in [0, 0.1) is 5.41 Å². The van der Waals surface area contributed by atoms with E-state index in [0.717, 1.165) is 16.0 Å². The number of benzene rings is 1. The van der Waals surface area contributed by atoms with Gasteiger partial charge in [0.1, 0.15) is 0 Å². The average molecular weight is 529 g/mol. The van der Waals surface area contributed by atoms with E-state index in [1.807, 2.05) is 0 Å². The second kappa shape index (κ2) is 9.32. The third kappa shape index (κ3) is 6.08. The molecule has 1 heterocycles. The van der Waals surface area contributed by atoms with Crippen LogP contribution in [0.25, 0.3) is 0 Å². The van der Waals surface area contributed by atoms with Gasteiger partial charge in [-0.1, -0.05) is 0 Å². The SMILES string of the molecule is [CH3][Sb]([c]1cccc(C(F)(F)F)c1)[C]1(C)CCOC(/C(N)=C/C(=N)OC(F)P)C1. The third-order valence-electron chi connectivity index (χ3n) is 4.86. The van der Waals surface area contributed by atoms with Gasteiger partial charge in [-0.05, 0) is 0 Å². The van der Waals surface area contributed by atoms with E-state index in [9.17, 15) is 17.6 Å². The Bertz CT molecular complexity index is 745. The molecule has 4 unspecified atom stereocenters. The van der Waals surface area contributed by atoms with Crippen LogP contribution < -0.4 is 9.24 Å². The molecule has 0 aromatic heterocycles. The molecule has 4 atom stereocenters. The van der Waals surface area contributed by atoms with Crippen molar-refractivity contribution in [3.8, 4) is 0 Å². The van der Waals surface area contributed by atoms with Crippen molar-refractivity contribution in [2.75, 3.05) is 6.61 Å². The molecule has 0 aliphatic carbocycles. The molecule has 0 spiro atoms. The standard InChI is InChI=1S/C10H17FN2O2P.C7H4F3.CH3.Sb/c1-6-2-3-14-8(4-6)7(12)5-9(13)15-10(11)16;8-7(9,10)6-4-2-1-3-5-6;;/h5,8,10,13H,2-4,12,16H2,1H3;1-2,4-5H;1H3;/b7-5-,13-9?;;;. The third-order valence-corrected chi connectivity index (χ3v) is 13.8. The van der Waals surface area contributed by atoms with Crippen LogP contribution in [-0.2, 0) is 15.7 Å². The molecule has 28 heavy (non-hydrogen) atoms. The summed E-state index contributed by atoms with van der Waals surface area (Å²) in [7, 11) is 1.78. The van der Waals surface area contributed by atoms with Crippen molar-refractivity contribution < 1.29 is 27.0 Å². The summed E-state index contributed by atoms with van der Waals surface area (Å²) in [6.45, 7) is 2.49. The summed E-state index contributed by atoms with van der Waals surface area (Å²) in [6, 6.07) is 5.59. The minimum absolute atomic E-state index is 0.180. The number of rotatable bonds is 5. The Hall–Kier alpha value is -0.842. The molecule has 2 rings (SSSR count). The van der Waals surface area contributed by atoms with Crippen molar-refractivity contribution in [1.29, 1.82) is 5.41 Å². The Morgan fingerprint density at radius 1 is 1.50 bits per heavy atom. The molecule has 156 valence electrons. The van der Waals surface area contributed by atoms with Gasteiger partial charge in [0.15, 0.2) is 0 Å². The summed E-state index contributed by atoms with van der Waals surface area (Å²) in [4.78, 5) is 2.08. The van der Waals surface area contributed by atoms with Crippen LogP contribution >= 0.6 is 9.24 Å². The second-order valence-electron chi connectivity index (χ2n) is 6.90. The predicted octanol–water partition coefficient (Wildman–Crippen LogP) is 3.94. The number of hydrogen-bond acceptors (Lipinski definition) is 4. The molecule has 1 aromatic rings. The van der Waals surface area contributed by atoms with Gasteiger partial charge < -0.3 is 0 Å². The monoisotopic (exact) mass is 528 g/mol. The molecule has 10 heteroatoms. The topological polar surface area (TPSA) is 68.3 Å². The molecule has 0 saturated carbocycles. The first-order valence-corrected chi connectivity index (χ1v) is 14.3.